The zero-order chi connectivity index (χ0) is 26.7. The number of nitrogens with zero attached hydrogens (tertiary/aromatic N) is 4. The summed E-state index contributed by atoms with van der Waals surface area (Å²) < 4.78 is 40.8. The Labute approximate surface area is 215 Å². The fraction of sp³-hybridized carbons (Fsp3) is 0.111. The van der Waals surface area contributed by atoms with Crippen LogP contribution in [0.25, 0.3) is 22.4 Å². The van der Waals surface area contributed by atoms with E-state index in [9.17, 15) is 18.0 Å². The molecule has 192 valence electrons. The van der Waals surface area contributed by atoms with E-state index in [0.29, 0.717) is 29.4 Å². The zero-order valence-electron chi connectivity index (χ0n) is 20.1. The molecule has 0 radical (unpaired) electrons. The van der Waals surface area contributed by atoms with Gasteiger partial charge in [-0.2, -0.15) is 13.2 Å². The number of urea groups is 1. The molecule has 5 aromatic rings. The van der Waals surface area contributed by atoms with Crippen LogP contribution in [-0.4, -0.2) is 25.6 Å². The molecule has 0 aliphatic carbocycles. The normalized spacial score (nSPS) is 11.4. The van der Waals surface area contributed by atoms with Gasteiger partial charge in [-0.05, 0) is 54.1 Å². The van der Waals surface area contributed by atoms with E-state index in [0.717, 1.165) is 28.7 Å². The monoisotopic (exact) mass is 517 g/mol. The minimum atomic E-state index is -4.51. The highest BCUT2D eigenvalue weighted by molar-refractivity contribution is 6.00. The van der Waals surface area contributed by atoms with Gasteiger partial charge in [-0.1, -0.05) is 18.2 Å². The SMILES string of the molecule is Cn1ccc2nc(-c3cccc(NC(=O)Nc4cccc(C(F)(F)F)c4)c3)nc(NCc3ccncc3)c21. The number of rotatable bonds is 6. The molecule has 0 aliphatic rings. The first-order valence-corrected chi connectivity index (χ1v) is 11.6. The molecule has 3 heterocycles. The summed E-state index contributed by atoms with van der Waals surface area (Å²) in [6.45, 7) is 0.538. The van der Waals surface area contributed by atoms with E-state index in [2.05, 4.69) is 25.9 Å². The maximum Gasteiger partial charge on any atom is 0.416 e. The number of alkyl halides is 3. The van der Waals surface area contributed by atoms with Crippen LogP contribution in [0.4, 0.5) is 35.2 Å². The lowest BCUT2D eigenvalue weighted by molar-refractivity contribution is -0.137. The van der Waals surface area contributed by atoms with Crippen LogP contribution < -0.4 is 16.0 Å². The molecule has 0 spiro atoms. The van der Waals surface area contributed by atoms with Gasteiger partial charge in [-0.15, -0.1) is 0 Å². The van der Waals surface area contributed by atoms with Crippen molar-refractivity contribution in [3.8, 4) is 11.4 Å². The van der Waals surface area contributed by atoms with Gasteiger partial charge in [0.05, 0.1) is 11.1 Å². The second-order valence-electron chi connectivity index (χ2n) is 8.50. The fourth-order valence-electron chi connectivity index (χ4n) is 3.93. The van der Waals surface area contributed by atoms with Gasteiger partial charge in [0.2, 0.25) is 0 Å². The second kappa shape index (κ2) is 10.2. The lowest BCUT2D eigenvalue weighted by Gasteiger charge is -2.12. The van der Waals surface area contributed by atoms with E-state index in [1.165, 1.54) is 12.1 Å². The van der Waals surface area contributed by atoms with Crippen LogP contribution in [0.1, 0.15) is 11.1 Å². The molecule has 0 unspecified atom stereocenters. The number of aromatic nitrogens is 4. The molecule has 0 saturated carbocycles. The maximum atomic E-state index is 13.0. The highest BCUT2D eigenvalue weighted by Crippen LogP contribution is 2.31. The number of carbonyl (C=O) groups is 1. The molecule has 11 heteroatoms. The summed E-state index contributed by atoms with van der Waals surface area (Å²) in [6.07, 6.45) is 0.843. The third kappa shape index (κ3) is 5.56. The van der Waals surface area contributed by atoms with Gasteiger partial charge in [0.1, 0.15) is 5.52 Å². The third-order valence-electron chi connectivity index (χ3n) is 5.76. The smallest absolute Gasteiger partial charge is 0.364 e. The Hall–Kier alpha value is -4.93. The predicted molar refractivity (Wildman–Crippen MR) is 140 cm³/mol. The van der Waals surface area contributed by atoms with Crippen LogP contribution in [0, 0.1) is 0 Å². The van der Waals surface area contributed by atoms with Crippen LogP contribution in [0.15, 0.2) is 85.3 Å². The van der Waals surface area contributed by atoms with Gasteiger partial charge < -0.3 is 20.5 Å². The lowest BCUT2D eigenvalue weighted by Crippen LogP contribution is -2.19. The Morgan fingerprint density at radius 3 is 2.37 bits per heavy atom. The average molecular weight is 518 g/mol. The standard InChI is InChI=1S/C27H22F3N7O/c1-37-13-10-22-23(37)25(32-16-17-8-11-31-12-9-17)36-24(35-22)18-4-2-6-20(14-18)33-26(38)34-21-7-3-5-19(15-21)27(28,29)30/h2-15H,16H2,1H3,(H,32,35,36)(H2,33,34,38). The van der Waals surface area contributed by atoms with Crippen molar-refractivity contribution >= 4 is 34.3 Å². The number of hydrogen-bond acceptors (Lipinski definition) is 5. The number of aryl methyl sites for hydroxylation is 1. The Morgan fingerprint density at radius 2 is 1.63 bits per heavy atom. The van der Waals surface area contributed by atoms with Crippen molar-refractivity contribution in [3.63, 3.8) is 0 Å². The van der Waals surface area contributed by atoms with Gasteiger partial charge in [-0.3, -0.25) is 4.98 Å². The van der Waals surface area contributed by atoms with Crippen molar-refractivity contribution in [3.05, 3.63) is 96.4 Å². The summed E-state index contributed by atoms with van der Waals surface area (Å²) >= 11 is 0. The predicted octanol–water partition coefficient (Wildman–Crippen LogP) is 6.31. The van der Waals surface area contributed by atoms with Crippen molar-refractivity contribution in [1.29, 1.82) is 0 Å². The molecule has 3 aromatic heterocycles. The van der Waals surface area contributed by atoms with Crippen LogP contribution in [0.5, 0.6) is 0 Å². The molecule has 0 aliphatic heterocycles. The highest BCUT2D eigenvalue weighted by Gasteiger charge is 2.30. The molecular weight excluding hydrogens is 495 g/mol. The lowest BCUT2D eigenvalue weighted by atomic mass is 10.2. The van der Waals surface area contributed by atoms with Crippen molar-refractivity contribution in [1.82, 2.24) is 19.5 Å². The van der Waals surface area contributed by atoms with Crippen molar-refractivity contribution in [2.45, 2.75) is 12.7 Å². The number of pyridine rings is 1. The number of carbonyl (C=O) groups excluding carboxylic acids is 1. The van der Waals surface area contributed by atoms with E-state index in [1.54, 1.807) is 30.6 Å². The number of amides is 2. The van der Waals surface area contributed by atoms with E-state index < -0.39 is 17.8 Å². The fourth-order valence-corrected chi connectivity index (χ4v) is 3.93. The largest absolute Gasteiger partial charge is 0.416 e. The maximum absolute atomic E-state index is 13.0. The number of anilines is 3. The molecular formula is C27H22F3N7O. The summed E-state index contributed by atoms with van der Waals surface area (Å²) in [5, 5.41) is 8.45. The van der Waals surface area contributed by atoms with Gasteiger partial charge in [0.15, 0.2) is 11.6 Å². The van der Waals surface area contributed by atoms with Gasteiger partial charge >= 0.3 is 12.2 Å². The Morgan fingerprint density at radius 1 is 0.921 bits per heavy atom. The van der Waals surface area contributed by atoms with Crippen LogP contribution in [0.3, 0.4) is 0 Å². The Balaban J connectivity index is 1.37. The molecule has 0 bridgehead atoms. The average Bonchev–Trinajstić information content (AvgIpc) is 3.28. The second-order valence-corrected chi connectivity index (χ2v) is 8.50. The molecule has 2 amide bonds. The molecule has 38 heavy (non-hydrogen) atoms. The quantitative estimate of drug-likeness (QED) is 0.245. The Kier molecular flexibility index (Phi) is 6.65. The first-order valence-electron chi connectivity index (χ1n) is 11.6. The number of hydrogen-bond donors (Lipinski definition) is 3. The van der Waals surface area contributed by atoms with E-state index in [-0.39, 0.29) is 5.69 Å². The summed E-state index contributed by atoms with van der Waals surface area (Å²) in [6, 6.07) is 16.4. The first-order chi connectivity index (χ1) is 18.3. The highest BCUT2D eigenvalue weighted by atomic mass is 19.4. The Bertz CT molecular complexity index is 1600. The van der Waals surface area contributed by atoms with Crippen molar-refractivity contribution < 1.29 is 18.0 Å². The topological polar surface area (TPSA) is 96.8 Å². The van der Waals surface area contributed by atoms with Gasteiger partial charge in [0, 0.05) is 49.1 Å². The van der Waals surface area contributed by atoms with Crippen LogP contribution in [-0.2, 0) is 19.8 Å². The summed E-state index contributed by atoms with van der Waals surface area (Å²) in [5.74, 6) is 1.10. The number of nitrogens with one attached hydrogen (secondary N) is 3. The minimum absolute atomic E-state index is 0.0243. The molecule has 0 fully saturated rings. The van der Waals surface area contributed by atoms with Crippen molar-refractivity contribution in [2.24, 2.45) is 7.05 Å². The molecule has 0 atom stereocenters. The molecule has 5 rings (SSSR count). The minimum Gasteiger partial charge on any atom is -0.364 e. The van der Waals surface area contributed by atoms with Gasteiger partial charge in [0.25, 0.3) is 0 Å². The van der Waals surface area contributed by atoms with E-state index in [1.807, 2.05) is 42.1 Å². The number of halogens is 3. The van der Waals surface area contributed by atoms with Crippen LogP contribution >= 0.6 is 0 Å². The number of benzene rings is 2. The summed E-state index contributed by atoms with van der Waals surface area (Å²) in [4.78, 5) is 26.0. The first kappa shape index (κ1) is 24.8. The molecule has 2 aromatic carbocycles. The van der Waals surface area contributed by atoms with Gasteiger partial charge in [-0.25, -0.2) is 14.8 Å². The summed E-state index contributed by atoms with van der Waals surface area (Å²) in [7, 11) is 1.91. The molecule has 0 saturated heterocycles. The summed E-state index contributed by atoms with van der Waals surface area (Å²) in [5.41, 5.74) is 2.89. The molecule has 3 N–H and O–H groups in total. The van der Waals surface area contributed by atoms with E-state index >= 15 is 0 Å². The van der Waals surface area contributed by atoms with Crippen molar-refractivity contribution in [2.75, 3.05) is 16.0 Å². The van der Waals surface area contributed by atoms with E-state index in [4.69, 9.17) is 4.98 Å². The number of fused-ring (bicyclic) bond motifs is 1. The molecule has 8 nitrogen and oxygen atoms in total. The zero-order valence-corrected chi connectivity index (χ0v) is 20.1. The third-order valence-corrected chi connectivity index (χ3v) is 5.76. The van der Waals surface area contributed by atoms with Crippen LogP contribution in [0.2, 0.25) is 0 Å².